The Labute approximate surface area is 158 Å². The zero-order valence-electron chi connectivity index (χ0n) is 14.7. The van der Waals surface area contributed by atoms with Crippen LogP contribution in [0.15, 0.2) is 24.3 Å². The van der Waals surface area contributed by atoms with Crippen LogP contribution in [0.4, 0.5) is 13.2 Å². The fraction of sp³-hybridized carbons (Fsp3) is 0.632. The molecular formula is C19H26ClF3N2O. The van der Waals surface area contributed by atoms with Gasteiger partial charge in [-0.15, -0.1) is 12.4 Å². The number of nitrogens with two attached hydrogens (primary N) is 1. The SMILES string of the molecule is Cl.NC1(C(=O)N2CCCC(CCc3ccccc3C(F)(F)F)C2)CCC1. The van der Waals surface area contributed by atoms with Gasteiger partial charge in [0.25, 0.3) is 0 Å². The summed E-state index contributed by atoms with van der Waals surface area (Å²) in [6.45, 7) is 1.33. The Kier molecular flexibility index (Phi) is 6.61. The van der Waals surface area contributed by atoms with Crippen molar-refractivity contribution >= 4 is 18.3 Å². The molecule has 2 aliphatic rings. The summed E-state index contributed by atoms with van der Waals surface area (Å²) in [6, 6.07) is 5.77. The number of benzene rings is 1. The second kappa shape index (κ2) is 8.17. The standard InChI is InChI=1S/C19H25F3N2O.ClH/c20-19(21,22)16-7-2-1-6-15(16)9-8-14-5-3-12-24(13-14)17(25)18(23)10-4-11-18;/h1-2,6-7,14H,3-5,8-13,23H2;1H. The molecule has 7 heteroatoms. The van der Waals surface area contributed by atoms with Crippen LogP contribution in [0, 0.1) is 5.92 Å². The summed E-state index contributed by atoms with van der Waals surface area (Å²) >= 11 is 0. The van der Waals surface area contributed by atoms with E-state index in [0.29, 0.717) is 31.5 Å². The molecule has 1 saturated heterocycles. The number of hydrogen-bond acceptors (Lipinski definition) is 2. The lowest BCUT2D eigenvalue weighted by atomic mass is 9.76. The molecule has 2 N–H and O–H groups in total. The van der Waals surface area contributed by atoms with Crippen molar-refractivity contribution in [1.29, 1.82) is 0 Å². The average molecular weight is 391 g/mol. The minimum Gasteiger partial charge on any atom is -0.341 e. The molecule has 1 unspecified atom stereocenters. The number of halogens is 4. The van der Waals surface area contributed by atoms with E-state index < -0.39 is 17.3 Å². The van der Waals surface area contributed by atoms with Crippen molar-refractivity contribution in [3.05, 3.63) is 35.4 Å². The molecule has 1 saturated carbocycles. The van der Waals surface area contributed by atoms with E-state index in [1.165, 1.54) is 6.07 Å². The zero-order chi connectivity index (χ0) is 18.1. The van der Waals surface area contributed by atoms with Crippen LogP contribution in [-0.2, 0) is 17.4 Å². The maximum Gasteiger partial charge on any atom is 0.416 e. The van der Waals surface area contributed by atoms with Crippen LogP contribution < -0.4 is 5.73 Å². The fourth-order valence-electron chi connectivity index (χ4n) is 3.95. The van der Waals surface area contributed by atoms with Gasteiger partial charge < -0.3 is 10.6 Å². The third-order valence-corrected chi connectivity index (χ3v) is 5.62. The second-order valence-electron chi connectivity index (χ2n) is 7.46. The van der Waals surface area contributed by atoms with Gasteiger partial charge in [0.1, 0.15) is 0 Å². The summed E-state index contributed by atoms with van der Waals surface area (Å²) in [5, 5.41) is 0. The average Bonchev–Trinajstić information content (AvgIpc) is 2.57. The lowest BCUT2D eigenvalue weighted by molar-refractivity contribution is -0.142. The summed E-state index contributed by atoms with van der Waals surface area (Å²) < 4.78 is 39.3. The molecular weight excluding hydrogens is 365 g/mol. The van der Waals surface area contributed by atoms with Crippen LogP contribution in [0.1, 0.15) is 49.7 Å². The number of carbonyl (C=O) groups excluding carboxylic acids is 1. The van der Waals surface area contributed by atoms with E-state index in [1.54, 1.807) is 12.1 Å². The number of amides is 1. The summed E-state index contributed by atoms with van der Waals surface area (Å²) in [4.78, 5) is 14.4. The van der Waals surface area contributed by atoms with E-state index in [9.17, 15) is 18.0 Å². The first-order valence-electron chi connectivity index (χ1n) is 9.03. The number of rotatable bonds is 4. The van der Waals surface area contributed by atoms with Crippen LogP contribution in [0.25, 0.3) is 0 Å². The lowest BCUT2D eigenvalue weighted by Gasteiger charge is -2.43. The van der Waals surface area contributed by atoms with E-state index in [1.807, 2.05) is 4.90 Å². The van der Waals surface area contributed by atoms with E-state index in [-0.39, 0.29) is 24.2 Å². The molecule has 1 aliphatic heterocycles. The van der Waals surface area contributed by atoms with Crippen LogP contribution >= 0.6 is 12.4 Å². The number of carbonyl (C=O) groups is 1. The Morgan fingerprint density at radius 3 is 2.54 bits per heavy atom. The minimum absolute atomic E-state index is 0. The largest absolute Gasteiger partial charge is 0.416 e. The zero-order valence-corrected chi connectivity index (χ0v) is 15.5. The molecule has 2 fully saturated rings. The number of piperidine rings is 1. The molecule has 3 nitrogen and oxygen atoms in total. The van der Waals surface area contributed by atoms with Crippen molar-refractivity contribution in [3.63, 3.8) is 0 Å². The summed E-state index contributed by atoms with van der Waals surface area (Å²) in [6.07, 6.45) is 1.06. The Hall–Kier alpha value is -1.27. The molecule has 146 valence electrons. The molecule has 3 rings (SSSR count). The molecule has 0 aromatic heterocycles. The maximum absolute atomic E-state index is 13.1. The molecule has 1 heterocycles. The normalized spacial score (nSPS) is 22.3. The number of alkyl halides is 3. The quantitative estimate of drug-likeness (QED) is 0.838. The Balaban J connectivity index is 0.00000243. The second-order valence-corrected chi connectivity index (χ2v) is 7.46. The topological polar surface area (TPSA) is 46.3 Å². The molecule has 1 aromatic carbocycles. The van der Waals surface area contributed by atoms with Crippen LogP contribution in [-0.4, -0.2) is 29.4 Å². The minimum atomic E-state index is -4.32. The number of hydrogen-bond donors (Lipinski definition) is 1. The summed E-state index contributed by atoms with van der Waals surface area (Å²) in [5.74, 6) is 0.266. The molecule has 0 spiro atoms. The predicted molar refractivity (Wildman–Crippen MR) is 97.1 cm³/mol. The molecule has 1 amide bonds. The van der Waals surface area contributed by atoms with Crippen molar-refractivity contribution in [2.75, 3.05) is 13.1 Å². The first-order chi connectivity index (χ1) is 11.8. The van der Waals surface area contributed by atoms with Gasteiger partial charge in [-0.05, 0) is 62.5 Å². The number of likely N-dealkylation sites (tertiary alicyclic amines) is 1. The van der Waals surface area contributed by atoms with Crippen molar-refractivity contribution in [3.8, 4) is 0 Å². The van der Waals surface area contributed by atoms with E-state index >= 15 is 0 Å². The van der Waals surface area contributed by atoms with Gasteiger partial charge >= 0.3 is 6.18 Å². The monoisotopic (exact) mass is 390 g/mol. The predicted octanol–water partition coefficient (Wildman–Crippen LogP) is 4.18. The molecule has 0 bridgehead atoms. The molecule has 1 atom stereocenters. The highest BCUT2D eigenvalue weighted by molar-refractivity contribution is 5.87. The van der Waals surface area contributed by atoms with Gasteiger partial charge in [-0.25, -0.2) is 0 Å². The molecule has 26 heavy (non-hydrogen) atoms. The van der Waals surface area contributed by atoms with Crippen LogP contribution in [0.5, 0.6) is 0 Å². The highest BCUT2D eigenvalue weighted by Crippen LogP contribution is 2.35. The van der Waals surface area contributed by atoms with Crippen molar-refractivity contribution in [1.82, 2.24) is 4.90 Å². The third kappa shape index (κ3) is 4.52. The van der Waals surface area contributed by atoms with Crippen molar-refractivity contribution in [2.24, 2.45) is 11.7 Å². The highest BCUT2D eigenvalue weighted by atomic mass is 35.5. The third-order valence-electron chi connectivity index (χ3n) is 5.62. The van der Waals surface area contributed by atoms with E-state index in [0.717, 1.165) is 38.2 Å². The smallest absolute Gasteiger partial charge is 0.341 e. The number of aryl methyl sites for hydroxylation is 1. The highest BCUT2D eigenvalue weighted by Gasteiger charge is 2.43. The summed E-state index contributed by atoms with van der Waals surface area (Å²) in [7, 11) is 0. The van der Waals surface area contributed by atoms with E-state index in [4.69, 9.17) is 5.73 Å². The molecule has 1 aliphatic carbocycles. The van der Waals surface area contributed by atoms with Gasteiger partial charge in [-0.3, -0.25) is 4.79 Å². The van der Waals surface area contributed by atoms with Gasteiger partial charge in [-0.1, -0.05) is 18.2 Å². The van der Waals surface area contributed by atoms with Gasteiger partial charge in [0.2, 0.25) is 5.91 Å². The summed E-state index contributed by atoms with van der Waals surface area (Å²) in [5.41, 5.74) is 5.24. The van der Waals surface area contributed by atoms with Gasteiger partial charge in [-0.2, -0.15) is 13.2 Å². The first-order valence-corrected chi connectivity index (χ1v) is 9.03. The van der Waals surface area contributed by atoms with E-state index in [2.05, 4.69) is 0 Å². The van der Waals surface area contributed by atoms with Crippen LogP contribution in [0.2, 0.25) is 0 Å². The first kappa shape index (κ1) is 21.0. The van der Waals surface area contributed by atoms with Gasteiger partial charge in [0, 0.05) is 13.1 Å². The van der Waals surface area contributed by atoms with Crippen molar-refractivity contribution in [2.45, 2.75) is 56.7 Å². The van der Waals surface area contributed by atoms with Gasteiger partial charge in [0.05, 0.1) is 11.1 Å². The molecule has 1 aromatic rings. The maximum atomic E-state index is 13.1. The Bertz CT molecular complexity index is 631. The van der Waals surface area contributed by atoms with Gasteiger partial charge in [0.15, 0.2) is 0 Å². The Morgan fingerprint density at radius 1 is 1.23 bits per heavy atom. The fourth-order valence-corrected chi connectivity index (χ4v) is 3.95. The van der Waals surface area contributed by atoms with Crippen molar-refractivity contribution < 1.29 is 18.0 Å². The molecule has 0 radical (unpaired) electrons. The van der Waals surface area contributed by atoms with Crippen LogP contribution in [0.3, 0.4) is 0 Å². The Morgan fingerprint density at radius 2 is 1.92 bits per heavy atom. The number of nitrogens with zero attached hydrogens (tertiary/aromatic N) is 1. The lowest BCUT2D eigenvalue weighted by Crippen LogP contribution is -2.60.